The van der Waals surface area contributed by atoms with Gasteiger partial charge >= 0.3 is 12.0 Å². The molecule has 0 bridgehead atoms. The molecular weight excluding hydrogens is 345 g/mol. The van der Waals surface area contributed by atoms with Gasteiger partial charge in [0.1, 0.15) is 10.7 Å². The number of ether oxygens (including phenoxy) is 1. The van der Waals surface area contributed by atoms with Crippen LogP contribution in [0, 0.1) is 12.7 Å². The first-order chi connectivity index (χ1) is 12.0. The maximum Gasteiger partial charge on any atom is 0.350 e. The number of thiazole rings is 1. The molecule has 1 saturated heterocycles. The molecule has 1 aliphatic rings. The third-order valence-electron chi connectivity index (χ3n) is 3.86. The van der Waals surface area contributed by atoms with E-state index in [1.807, 2.05) is 0 Å². The highest BCUT2D eigenvalue weighted by Gasteiger charge is 2.32. The average Bonchev–Trinajstić information content (AvgIpc) is 3.13. The molecule has 2 aromatic rings. The predicted molar refractivity (Wildman–Crippen MR) is 92.4 cm³/mol. The minimum Gasteiger partial charge on any atom is -0.462 e. The van der Waals surface area contributed by atoms with Crippen LogP contribution < -0.4 is 4.90 Å². The molecule has 2 heterocycles. The van der Waals surface area contributed by atoms with Gasteiger partial charge in [-0.3, -0.25) is 4.90 Å². The van der Waals surface area contributed by atoms with Crippen molar-refractivity contribution in [1.82, 2.24) is 9.88 Å². The van der Waals surface area contributed by atoms with E-state index in [2.05, 4.69) is 4.98 Å². The monoisotopic (exact) mass is 363 g/mol. The number of urea groups is 1. The molecule has 6 nitrogen and oxygen atoms in total. The molecule has 1 aromatic heterocycles. The zero-order valence-corrected chi connectivity index (χ0v) is 14.8. The van der Waals surface area contributed by atoms with E-state index < -0.39 is 5.97 Å². The van der Waals surface area contributed by atoms with Crippen LogP contribution in [0.2, 0.25) is 0 Å². The quantitative estimate of drug-likeness (QED) is 0.766. The molecular formula is C17H18FN3O3S. The number of amides is 2. The Labute approximate surface area is 148 Å². The van der Waals surface area contributed by atoms with Crippen LogP contribution >= 0.6 is 11.3 Å². The zero-order chi connectivity index (χ0) is 18.0. The van der Waals surface area contributed by atoms with Crippen LogP contribution in [0.5, 0.6) is 0 Å². The van der Waals surface area contributed by atoms with Crippen molar-refractivity contribution < 1.29 is 18.7 Å². The second-order valence-electron chi connectivity index (χ2n) is 5.61. The van der Waals surface area contributed by atoms with Gasteiger partial charge in [0, 0.05) is 19.6 Å². The van der Waals surface area contributed by atoms with E-state index in [9.17, 15) is 14.0 Å². The van der Waals surface area contributed by atoms with Gasteiger partial charge in [-0.1, -0.05) is 23.5 Å². The van der Waals surface area contributed by atoms with Crippen LogP contribution in [-0.4, -0.2) is 41.6 Å². The van der Waals surface area contributed by atoms with Crippen LogP contribution in [-0.2, 0) is 11.3 Å². The van der Waals surface area contributed by atoms with Crippen LogP contribution in [0.1, 0.15) is 27.9 Å². The SMILES string of the molecule is CCOC(=O)c1sc(N2CCN(Cc3ccc(F)cc3)C2=O)nc1C. The van der Waals surface area contributed by atoms with Gasteiger partial charge in [0.25, 0.3) is 0 Å². The number of benzene rings is 1. The molecule has 1 aliphatic heterocycles. The minimum atomic E-state index is -0.418. The van der Waals surface area contributed by atoms with Gasteiger partial charge in [0.05, 0.1) is 12.3 Å². The van der Waals surface area contributed by atoms with E-state index in [0.717, 1.165) is 16.9 Å². The van der Waals surface area contributed by atoms with Gasteiger partial charge in [0.2, 0.25) is 0 Å². The molecule has 0 saturated carbocycles. The Morgan fingerprint density at radius 2 is 2.04 bits per heavy atom. The summed E-state index contributed by atoms with van der Waals surface area (Å²) in [5.41, 5.74) is 1.42. The Bertz CT molecular complexity index is 791. The molecule has 8 heteroatoms. The lowest BCUT2D eigenvalue weighted by atomic mass is 10.2. The van der Waals surface area contributed by atoms with Crippen molar-refractivity contribution in [2.75, 3.05) is 24.6 Å². The highest BCUT2D eigenvalue weighted by atomic mass is 32.1. The number of rotatable bonds is 5. The Kier molecular flexibility index (Phi) is 4.98. The van der Waals surface area contributed by atoms with Crippen molar-refractivity contribution >= 4 is 28.5 Å². The third-order valence-corrected chi connectivity index (χ3v) is 5.02. The molecule has 0 radical (unpaired) electrons. The number of hydrogen-bond acceptors (Lipinski definition) is 5. The molecule has 1 fully saturated rings. The number of hydrogen-bond donors (Lipinski definition) is 0. The van der Waals surface area contributed by atoms with Crippen LogP contribution in [0.25, 0.3) is 0 Å². The number of anilines is 1. The fourth-order valence-corrected chi connectivity index (χ4v) is 3.58. The number of halogens is 1. The summed E-state index contributed by atoms with van der Waals surface area (Å²) in [6, 6.07) is 5.91. The number of nitrogens with zero attached hydrogens (tertiary/aromatic N) is 3. The summed E-state index contributed by atoms with van der Waals surface area (Å²) < 4.78 is 18.0. The number of aromatic nitrogens is 1. The van der Waals surface area contributed by atoms with Gasteiger partial charge < -0.3 is 9.64 Å². The fourth-order valence-electron chi connectivity index (χ4n) is 2.60. The van der Waals surface area contributed by atoms with E-state index in [-0.39, 0.29) is 11.8 Å². The van der Waals surface area contributed by atoms with E-state index in [1.165, 1.54) is 12.1 Å². The van der Waals surface area contributed by atoms with E-state index in [4.69, 9.17) is 4.74 Å². The smallest absolute Gasteiger partial charge is 0.350 e. The highest BCUT2D eigenvalue weighted by Crippen LogP contribution is 2.29. The number of carbonyl (C=O) groups excluding carboxylic acids is 2. The third kappa shape index (κ3) is 3.63. The topological polar surface area (TPSA) is 62.7 Å². The first-order valence-electron chi connectivity index (χ1n) is 7.95. The summed E-state index contributed by atoms with van der Waals surface area (Å²) in [5, 5.41) is 0.493. The van der Waals surface area contributed by atoms with Gasteiger partial charge in [0.15, 0.2) is 5.13 Å². The molecule has 1 aromatic carbocycles. The predicted octanol–water partition coefficient (Wildman–Crippen LogP) is 3.21. The summed E-state index contributed by atoms with van der Waals surface area (Å²) in [5.74, 6) is -0.721. The minimum absolute atomic E-state index is 0.173. The molecule has 132 valence electrons. The standard InChI is InChI=1S/C17H18FN3O3S/c1-3-24-15(22)14-11(2)19-16(25-14)21-9-8-20(17(21)23)10-12-4-6-13(18)7-5-12/h4-7H,3,8-10H2,1-2H3. The van der Waals surface area contributed by atoms with Gasteiger partial charge in [-0.15, -0.1) is 0 Å². The summed E-state index contributed by atoms with van der Waals surface area (Å²) in [6.45, 7) is 5.21. The van der Waals surface area contributed by atoms with E-state index >= 15 is 0 Å². The van der Waals surface area contributed by atoms with Crippen molar-refractivity contribution in [2.45, 2.75) is 20.4 Å². The lowest BCUT2D eigenvalue weighted by Crippen LogP contribution is -2.31. The number of carbonyl (C=O) groups is 2. The summed E-state index contributed by atoms with van der Waals surface area (Å²) >= 11 is 1.16. The number of aryl methyl sites for hydroxylation is 1. The van der Waals surface area contributed by atoms with Crippen molar-refractivity contribution in [2.24, 2.45) is 0 Å². The molecule has 25 heavy (non-hydrogen) atoms. The lowest BCUT2D eigenvalue weighted by Gasteiger charge is -2.16. The first kappa shape index (κ1) is 17.3. The second-order valence-corrected chi connectivity index (χ2v) is 6.59. The fraction of sp³-hybridized carbons (Fsp3) is 0.353. The summed E-state index contributed by atoms with van der Waals surface area (Å²) in [4.78, 5) is 32.5. The normalized spacial score (nSPS) is 14.3. The summed E-state index contributed by atoms with van der Waals surface area (Å²) in [6.07, 6.45) is 0. The molecule has 2 amide bonds. The zero-order valence-electron chi connectivity index (χ0n) is 14.0. The van der Waals surface area contributed by atoms with Crippen molar-refractivity contribution in [3.8, 4) is 0 Å². The van der Waals surface area contributed by atoms with Gasteiger partial charge in [-0.05, 0) is 31.5 Å². The number of esters is 1. The Morgan fingerprint density at radius 1 is 1.32 bits per heavy atom. The Balaban J connectivity index is 1.72. The van der Waals surface area contributed by atoms with Crippen molar-refractivity contribution in [3.63, 3.8) is 0 Å². The van der Waals surface area contributed by atoms with Gasteiger partial charge in [-0.25, -0.2) is 19.0 Å². The first-order valence-corrected chi connectivity index (χ1v) is 8.76. The second kappa shape index (κ2) is 7.18. The summed E-state index contributed by atoms with van der Waals surface area (Å²) in [7, 11) is 0. The van der Waals surface area contributed by atoms with Gasteiger partial charge in [-0.2, -0.15) is 0 Å². The largest absolute Gasteiger partial charge is 0.462 e. The van der Waals surface area contributed by atoms with Crippen molar-refractivity contribution in [3.05, 3.63) is 46.2 Å². The molecule has 3 rings (SSSR count). The Hall–Kier alpha value is -2.48. The Morgan fingerprint density at radius 3 is 2.72 bits per heavy atom. The highest BCUT2D eigenvalue weighted by molar-refractivity contribution is 7.17. The van der Waals surface area contributed by atoms with Crippen LogP contribution in [0.4, 0.5) is 14.3 Å². The van der Waals surface area contributed by atoms with E-state index in [1.54, 1.807) is 35.8 Å². The lowest BCUT2D eigenvalue weighted by molar-refractivity contribution is 0.0531. The molecule has 0 spiro atoms. The molecule has 0 atom stereocenters. The van der Waals surface area contributed by atoms with E-state index in [0.29, 0.717) is 41.9 Å². The maximum absolute atomic E-state index is 13.0. The van der Waals surface area contributed by atoms with Crippen LogP contribution in [0.15, 0.2) is 24.3 Å². The molecule has 0 N–H and O–H groups in total. The molecule has 0 unspecified atom stereocenters. The maximum atomic E-state index is 13.0. The average molecular weight is 363 g/mol. The van der Waals surface area contributed by atoms with Crippen LogP contribution in [0.3, 0.4) is 0 Å². The molecule has 0 aliphatic carbocycles. The van der Waals surface area contributed by atoms with Crippen molar-refractivity contribution in [1.29, 1.82) is 0 Å².